The number of piperazine rings is 2. The summed E-state index contributed by atoms with van der Waals surface area (Å²) in [5.74, 6) is 0.366. The van der Waals surface area contributed by atoms with Gasteiger partial charge in [0.1, 0.15) is 76.9 Å². The SMILES string of the molecule is C[NH+]1CC[NH+](Cc2ccc(O)c(C[NH+]3CC[NH+](C)CC3)n2)CC1. The molecule has 0 unspecified atom stereocenters. The molecular formula is C17H33N5O+4. The number of pyridine rings is 1. The average Bonchev–Trinajstić information content (AvgIpc) is 2.55. The molecule has 6 nitrogen and oxygen atoms in total. The standard InChI is InChI=1S/C17H29N5O/c1-19-5-9-21(10-6-19)13-15-3-4-17(23)16(18-15)14-22-11-7-20(2)8-12-22/h3-4,23H,5-14H2,1-2H3/p+4. The highest BCUT2D eigenvalue weighted by atomic mass is 16.3. The first-order valence-electron chi connectivity index (χ1n) is 9.07. The normalized spacial score (nSPS) is 31.9. The van der Waals surface area contributed by atoms with Crippen LogP contribution in [0.15, 0.2) is 12.1 Å². The molecule has 5 N–H and O–H groups in total. The van der Waals surface area contributed by atoms with Gasteiger partial charge in [0.25, 0.3) is 0 Å². The second-order valence-electron chi connectivity index (χ2n) is 7.54. The van der Waals surface area contributed by atoms with Gasteiger partial charge >= 0.3 is 0 Å². The summed E-state index contributed by atoms with van der Waals surface area (Å²) in [7, 11) is 4.53. The van der Waals surface area contributed by atoms with Gasteiger partial charge in [-0.05, 0) is 12.1 Å². The number of aromatic hydroxyl groups is 1. The van der Waals surface area contributed by atoms with Gasteiger partial charge in [-0.2, -0.15) is 0 Å². The van der Waals surface area contributed by atoms with E-state index in [1.807, 2.05) is 12.1 Å². The number of nitrogens with one attached hydrogen (secondary N) is 4. The molecule has 3 rings (SSSR count). The van der Waals surface area contributed by atoms with Gasteiger partial charge in [0.15, 0.2) is 0 Å². The van der Waals surface area contributed by atoms with E-state index in [-0.39, 0.29) is 0 Å². The summed E-state index contributed by atoms with van der Waals surface area (Å²) < 4.78 is 0. The highest BCUT2D eigenvalue weighted by Crippen LogP contribution is 2.13. The highest BCUT2D eigenvalue weighted by Gasteiger charge is 2.23. The molecule has 2 saturated heterocycles. The minimum atomic E-state index is 0.366. The zero-order chi connectivity index (χ0) is 16.2. The van der Waals surface area contributed by atoms with Crippen molar-refractivity contribution in [2.75, 3.05) is 66.5 Å². The summed E-state index contributed by atoms with van der Waals surface area (Å²) in [6.45, 7) is 11.5. The lowest BCUT2D eigenvalue weighted by molar-refractivity contribution is -1.01. The molecule has 0 amide bonds. The van der Waals surface area contributed by atoms with Crippen molar-refractivity contribution in [3.05, 3.63) is 23.5 Å². The van der Waals surface area contributed by atoms with Crippen LogP contribution in [0.4, 0.5) is 0 Å². The monoisotopic (exact) mass is 323 g/mol. The second-order valence-corrected chi connectivity index (χ2v) is 7.54. The number of nitrogens with zero attached hydrogens (tertiary/aromatic N) is 1. The van der Waals surface area contributed by atoms with Gasteiger partial charge in [-0.3, -0.25) is 0 Å². The van der Waals surface area contributed by atoms with Crippen LogP contribution < -0.4 is 19.6 Å². The van der Waals surface area contributed by atoms with Crippen LogP contribution in [0.5, 0.6) is 5.75 Å². The fraction of sp³-hybridized carbons (Fsp3) is 0.706. The number of likely N-dealkylation sites (N-methyl/N-ethyl adjacent to an activating group) is 2. The average molecular weight is 323 g/mol. The van der Waals surface area contributed by atoms with Crippen molar-refractivity contribution < 1.29 is 24.7 Å². The summed E-state index contributed by atoms with van der Waals surface area (Å²) in [5.41, 5.74) is 2.02. The van der Waals surface area contributed by atoms with Crippen LogP contribution in [-0.2, 0) is 13.1 Å². The first-order valence-corrected chi connectivity index (χ1v) is 9.07. The van der Waals surface area contributed by atoms with Gasteiger partial charge in [0.2, 0.25) is 0 Å². The van der Waals surface area contributed by atoms with E-state index in [2.05, 4.69) is 14.1 Å². The molecule has 23 heavy (non-hydrogen) atoms. The molecule has 0 spiro atoms. The molecule has 0 aromatic carbocycles. The number of quaternary nitrogens is 4. The van der Waals surface area contributed by atoms with E-state index >= 15 is 0 Å². The van der Waals surface area contributed by atoms with Crippen LogP contribution in [0, 0.1) is 0 Å². The predicted molar refractivity (Wildman–Crippen MR) is 87.9 cm³/mol. The molecule has 0 bridgehead atoms. The summed E-state index contributed by atoms with van der Waals surface area (Å²) in [6, 6.07) is 3.85. The Hall–Kier alpha value is -1.21. The van der Waals surface area contributed by atoms with Crippen molar-refractivity contribution in [3.8, 4) is 5.75 Å². The second kappa shape index (κ2) is 7.57. The first-order chi connectivity index (χ1) is 11.1. The summed E-state index contributed by atoms with van der Waals surface area (Å²) in [4.78, 5) is 11.2. The third-order valence-electron chi connectivity index (χ3n) is 5.48. The third kappa shape index (κ3) is 4.64. The zero-order valence-electron chi connectivity index (χ0n) is 14.6. The molecule has 0 aliphatic carbocycles. The van der Waals surface area contributed by atoms with Gasteiger partial charge in [-0.1, -0.05) is 0 Å². The Kier molecular flexibility index (Phi) is 5.48. The van der Waals surface area contributed by atoms with Gasteiger partial charge in [-0.25, -0.2) is 4.98 Å². The summed E-state index contributed by atoms with van der Waals surface area (Å²) in [5, 5.41) is 10.2. The molecule has 0 atom stereocenters. The van der Waals surface area contributed by atoms with E-state index in [1.54, 1.807) is 19.6 Å². The highest BCUT2D eigenvalue weighted by molar-refractivity contribution is 5.27. The Morgan fingerprint density at radius 3 is 1.91 bits per heavy atom. The van der Waals surface area contributed by atoms with Gasteiger partial charge in [0.05, 0.1) is 19.8 Å². The molecule has 0 radical (unpaired) electrons. The number of aromatic nitrogens is 1. The lowest BCUT2D eigenvalue weighted by Gasteiger charge is -2.28. The van der Waals surface area contributed by atoms with Crippen LogP contribution in [0.1, 0.15) is 11.4 Å². The Bertz CT molecular complexity index is 508. The van der Waals surface area contributed by atoms with Crippen LogP contribution in [0.2, 0.25) is 0 Å². The lowest BCUT2D eigenvalue weighted by Crippen LogP contribution is -3.26. The van der Waals surface area contributed by atoms with Gasteiger partial charge in [0, 0.05) is 0 Å². The van der Waals surface area contributed by atoms with Crippen molar-refractivity contribution >= 4 is 0 Å². The Balaban J connectivity index is 1.60. The molecule has 1 aromatic rings. The quantitative estimate of drug-likeness (QED) is 0.384. The van der Waals surface area contributed by atoms with Gasteiger partial charge in [-0.15, -0.1) is 0 Å². The van der Waals surface area contributed by atoms with Crippen LogP contribution >= 0.6 is 0 Å². The van der Waals surface area contributed by atoms with E-state index in [0.29, 0.717) is 5.75 Å². The van der Waals surface area contributed by atoms with Gasteiger partial charge < -0.3 is 24.7 Å². The summed E-state index contributed by atoms with van der Waals surface area (Å²) >= 11 is 0. The molecule has 2 aliphatic rings. The molecule has 2 aliphatic heterocycles. The van der Waals surface area contributed by atoms with Crippen molar-refractivity contribution in [1.82, 2.24) is 4.98 Å². The Labute approximate surface area is 139 Å². The van der Waals surface area contributed by atoms with Crippen LogP contribution in [0.3, 0.4) is 0 Å². The fourth-order valence-corrected chi connectivity index (χ4v) is 3.67. The number of hydrogen-bond acceptors (Lipinski definition) is 2. The molecular weight excluding hydrogens is 290 g/mol. The first kappa shape index (κ1) is 16.6. The van der Waals surface area contributed by atoms with E-state index < -0.39 is 0 Å². The van der Waals surface area contributed by atoms with Crippen LogP contribution in [-0.4, -0.2) is 76.5 Å². The molecule has 6 heteroatoms. The summed E-state index contributed by atoms with van der Waals surface area (Å²) in [6.07, 6.45) is 0. The van der Waals surface area contributed by atoms with E-state index in [4.69, 9.17) is 4.98 Å². The maximum absolute atomic E-state index is 10.2. The predicted octanol–water partition coefficient (Wildman–Crippen LogP) is -5.39. The van der Waals surface area contributed by atoms with Crippen molar-refractivity contribution in [1.29, 1.82) is 0 Å². The number of rotatable bonds is 4. The van der Waals surface area contributed by atoms with Crippen molar-refractivity contribution in [3.63, 3.8) is 0 Å². The lowest BCUT2D eigenvalue weighted by atomic mass is 10.2. The Morgan fingerprint density at radius 1 is 0.826 bits per heavy atom. The zero-order valence-corrected chi connectivity index (χ0v) is 14.6. The van der Waals surface area contributed by atoms with E-state index in [1.165, 1.54) is 52.4 Å². The van der Waals surface area contributed by atoms with Crippen LogP contribution in [0.25, 0.3) is 0 Å². The molecule has 0 saturated carbocycles. The maximum atomic E-state index is 10.2. The molecule has 1 aromatic heterocycles. The number of hydrogen-bond donors (Lipinski definition) is 5. The van der Waals surface area contributed by atoms with Crippen molar-refractivity contribution in [2.24, 2.45) is 0 Å². The smallest absolute Gasteiger partial charge is 0.142 e. The molecule has 3 heterocycles. The fourth-order valence-electron chi connectivity index (χ4n) is 3.67. The topological polar surface area (TPSA) is 50.9 Å². The minimum absolute atomic E-state index is 0.366. The molecule has 2 fully saturated rings. The minimum Gasteiger partial charge on any atom is -0.506 e. The largest absolute Gasteiger partial charge is 0.506 e. The Morgan fingerprint density at radius 2 is 1.35 bits per heavy atom. The third-order valence-corrected chi connectivity index (χ3v) is 5.48. The molecule has 128 valence electrons. The van der Waals surface area contributed by atoms with Crippen molar-refractivity contribution in [2.45, 2.75) is 13.1 Å². The maximum Gasteiger partial charge on any atom is 0.142 e. The van der Waals surface area contributed by atoms with E-state index in [0.717, 1.165) is 24.5 Å². The van der Waals surface area contributed by atoms with E-state index in [9.17, 15) is 5.11 Å².